The van der Waals surface area contributed by atoms with Gasteiger partial charge in [0.1, 0.15) is 6.04 Å². The molecular weight excluding hydrogens is 196 g/mol. The van der Waals surface area contributed by atoms with Gasteiger partial charge in [-0.2, -0.15) is 0 Å². The van der Waals surface area contributed by atoms with Crippen LogP contribution in [-0.2, 0) is 14.4 Å². The molecule has 0 saturated heterocycles. The maximum absolute atomic E-state index is 11.4. The van der Waals surface area contributed by atoms with Crippen LogP contribution in [0.5, 0.6) is 0 Å². The molecule has 0 unspecified atom stereocenters. The molecule has 2 N–H and O–H groups in total. The third-order valence-electron chi connectivity index (χ3n) is 2.06. The van der Waals surface area contributed by atoms with E-state index < -0.39 is 12.1 Å². The second kappa shape index (κ2) is 6.16. The number of carbonyl (C=O) groups is 3. The first-order valence-corrected chi connectivity index (χ1v) is 4.98. The fourth-order valence-corrected chi connectivity index (χ4v) is 0.849. The molecule has 86 valence electrons. The highest BCUT2D eigenvalue weighted by Gasteiger charge is 2.18. The van der Waals surface area contributed by atoms with E-state index in [1.165, 1.54) is 6.92 Å². The van der Waals surface area contributed by atoms with Crippen LogP contribution in [0.15, 0.2) is 0 Å². The van der Waals surface area contributed by atoms with Gasteiger partial charge in [0.05, 0.1) is 6.04 Å². The third-order valence-corrected chi connectivity index (χ3v) is 2.06. The van der Waals surface area contributed by atoms with Crippen molar-refractivity contribution in [3.63, 3.8) is 0 Å². The largest absolute Gasteiger partial charge is 0.345 e. The van der Waals surface area contributed by atoms with Crippen molar-refractivity contribution in [2.45, 2.75) is 46.2 Å². The SMILES string of the molecule is CCC(=O)N[C@@H](C)C(=O)N[C@@H](C)C(C)=O. The highest BCUT2D eigenvalue weighted by atomic mass is 16.2. The summed E-state index contributed by atoms with van der Waals surface area (Å²) in [4.78, 5) is 33.3. The Kier molecular flexibility index (Phi) is 5.59. The Morgan fingerprint density at radius 1 is 1.07 bits per heavy atom. The molecule has 0 spiro atoms. The van der Waals surface area contributed by atoms with E-state index in [0.717, 1.165) is 0 Å². The van der Waals surface area contributed by atoms with E-state index in [-0.39, 0.29) is 17.6 Å². The van der Waals surface area contributed by atoms with Crippen LogP contribution in [0.1, 0.15) is 34.1 Å². The number of hydrogen-bond donors (Lipinski definition) is 2. The van der Waals surface area contributed by atoms with Gasteiger partial charge >= 0.3 is 0 Å². The van der Waals surface area contributed by atoms with Gasteiger partial charge in [-0.15, -0.1) is 0 Å². The molecule has 0 aliphatic rings. The summed E-state index contributed by atoms with van der Waals surface area (Å²) in [7, 11) is 0. The fourth-order valence-electron chi connectivity index (χ4n) is 0.849. The minimum atomic E-state index is -0.612. The lowest BCUT2D eigenvalue weighted by molar-refractivity contribution is -0.130. The topological polar surface area (TPSA) is 75.3 Å². The van der Waals surface area contributed by atoms with Gasteiger partial charge in [0.15, 0.2) is 5.78 Å². The molecule has 0 rings (SSSR count). The van der Waals surface area contributed by atoms with Gasteiger partial charge in [0.2, 0.25) is 11.8 Å². The van der Waals surface area contributed by atoms with Crippen LogP contribution in [0.2, 0.25) is 0 Å². The second-order valence-corrected chi connectivity index (χ2v) is 3.48. The number of hydrogen-bond acceptors (Lipinski definition) is 3. The molecule has 0 heterocycles. The van der Waals surface area contributed by atoms with Crippen LogP contribution in [0.3, 0.4) is 0 Å². The summed E-state index contributed by atoms with van der Waals surface area (Å²) in [6.07, 6.45) is 0.333. The van der Waals surface area contributed by atoms with E-state index in [0.29, 0.717) is 6.42 Å². The molecule has 0 aromatic carbocycles. The minimum absolute atomic E-state index is 0.114. The molecule has 0 aromatic heterocycles. The van der Waals surface area contributed by atoms with Crippen molar-refractivity contribution in [3.8, 4) is 0 Å². The summed E-state index contributed by atoms with van der Waals surface area (Å²) in [6.45, 7) is 6.29. The van der Waals surface area contributed by atoms with Gasteiger partial charge in [-0.1, -0.05) is 6.92 Å². The molecule has 0 fully saturated rings. The summed E-state index contributed by atoms with van der Waals surface area (Å²) in [6, 6.07) is -1.13. The minimum Gasteiger partial charge on any atom is -0.345 e. The summed E-state index contributed by atoms with van der Waals surface area (Å²) < 4.78 is 0. The van der Waals surface area contributed by atoms with Gasteiger partial charge in [-0.3, -0.25) is 14.4 Å². The van der Waals surface area contributed by atoms with E-state index in [2.05, 4.69) is 10.6 Å². The van der Waals surface area contributed by atoms with Gasteiger partial charge in [-0.25, -0.2) is 0 Å². The maximum atomic E-state index is 11.4. The Hall–Kier alpha value is -1.39. The zero-order valence-electron chi connectivity index (χ0n) is 9.59. The van der Waals surface area contributed by atoms with E-state index >= 15 is 0 Å². The normalized spacial score (nSPS) is 13.9. The van der Waals surface area contributed by atoms with E-state index in [4.69, 9.17) is 0 Å². The number of rotatable bonds is 5. The Bertz CT molecular complexity index is 263. The molecule has 5 heteroatoms. The Morgan fingerprint density at radius 3 is 2.00 bits per heavy atom. The zero-order chi connectivity index (χ0) is 12.0. The van der Waals surface area contributed by atoms with Crippen LogP contribution in [-0.4, -0.2) is 29.7 Å². The average molecular weight is 214 g/mol. The van der Waals surface area contributed by atoms with Crippen LogP contribution in [0.4, 0.5) is 0 Å². The van der Waals surface area contributed by atoms with Crippen LogP contribution < -0.4 is 10.6 Å². The quantitative estimate of drug-likeness (QED) is 0.676. The average Bonchev–Trinajstić information content (AvgIpc) is 2.16. The fraction of sp³-hybridized carbons (Fsp3) is 0.700. The van der Waals surface area contributed by atoms with Crippen molar-refractivity contribution in [3.05, 3.63) is 0 Å². The predicted octanol–water partition coefficient (Wildman–Crippen LogP) is -0.00520. The molecule has 0 bridgehead atoms. The Labute approximate surface area is 89.6 Å². The number of amides is 2. The van der Waals surface area contributed by atoms with E-state index in [1.54, 1.807) is 20.8 Å². The van der Waals surface area contributed by atoms with Crippen molar-refractivity contribution < 1.29 is 14.4 Å². The zero-order valence-corrected chi connectivity index (χ0v) is 9.59. The third kappa shape index (κ3) is 5.15. The summed E-state index contributed by atoms with van der Waals surface area (Å²) in [5.74, 6) is -0.648. The van der Waals surface area contributed by atoms with Crippen molar-refractivity contribution in [2.24, 2.45) is 0 Å². The van der Waals surface area contributed by atoms with Gasteiger partial charge in [0.25, 0.3) is 0 Å². The first kappa shape index (κ1) is 13.6. The molecule has 0 aliphatic carbocycles. The predicted molar refractivity (Wildman–Crippen MR) is 56.2 cm³/mol. The standard InChI is InChI=1S/C10H18N2O3/c1-5-9(14)11-7(3)10(15)12-6(2)8(4)13/h6-7H,5H2,1-4H3,(H,11,14)(H,12,15)/t6-,7-/m0/s1. The highest BCUT2D eigenvalue weighted by molar-refractivity contribution is 5.91. The van der Waals surface area contributed by atoms with Gasteiger partial charge in [0, 0.05) is 6.42 Å². The molecule has 0 radical (unpaired) electrons. The molecule has 0 saturated carbocycles. The molecule has 2 amide bonds. The molecule has 0 aliphatic heterocycles. The Balaban J connectivity index is 4.10. The van der Waals surface area contributed by atoms with Crippen molar-refractivity contribution in [2.75, 3.05) is 0 Å². The maximum Gasteiger partial charge on any atom is 0.242 e. The van der Waals surface area contributed by atoms with Crippen LogP contribution in [0, 0.1) is 0 Å². The van der Waals surface area contributed by atoms with Crippen molar-refractivity contribution >= 4 is 17.6 Å². The number of Topliss-reactive ketones (excluding diaryl/α,β-unsaturated/α-hetero) is 1. The molecule has 2 atom stereocenters. The highest BCUT2D eigenvalue weighted by Crippen LogP contribution is 1.89. The van der Waals surface area contributed by atoms with E-state index in [1.807, 2.05) is 0 Å². The first-order chi connectivity index (χ1) is 6.88. The summed E-state index contributed by atoms with van der Waals surface area (Å²) in [5, 5.41) is 5.02. The molecule has 5 nitrogen and oxygen atoms in total. The summed E-state index contributed by atoms with van der Waals surface area (Å²) >= 11 is 0. The lowest BCUT2D eigenvalue weighted by Gasteiger charge is -2.16. The summed E-state index contributed by atoms with van der Waals surface area (Å²) in [5.41, 5.74) is 0. The molecule has 15 heavy (non-hydrogen) atoms. The number of ketones is 1. The lowest BCUT2D eigenvalue weighted by atomic mass is 10.2. The van der Waals surface area contributed by atoms with Gasteiger partial charge < -0.3 is 10.6 Å². The van der Waals surface area contributed by atoms with Crippen molar-refractivity contribution in [1.82, 2.24) is 10.6 Å². The monoisotopic (exact) mass is 214 g/mol. The van der Waals surface area contributed by atoms with Crippen molar-refractivity contribution in [1.29, 1.82) is 0 Å². The van der Waals surface area contributed by atoms with E-state index in [9.17, 15) is 14.4 Å². The van der Waals surface area contributed by atoms with Crippen LogP contribution >= 0.6 is 0 Å². The second-order valence-electron chi connectivity index (χ2n) is 3.48. The first-order valence-electron chi connectivity index (χ1n) is 4.98. The van der Waals surface area contributed by atoms with Gasteiger partial charge in [-0.05, 0) is 20.8 Å². The number of carbonyl (C=O) groups excluding carboxylic acids is 3. The Morgan fingerprint density at radius 2 is 1.60 bits per heavy atom. The van der Waals surface area contributed by atoms with Crippen LogP contribution in [0.25, 0.3) is 0 Å². The molecular formula is C10H18N2O3. The smallest absolute Gasteiger partial charge is 0.242 e. The number of nitrogens with one attached hydrogen (secondary N) is 2. The molecule has 0 aromatic rings. The lowest BCUT2D eigenvalue weighted by Crippen LogP contribution is -2.48.